The number of anilines is 1. The van der Waals surface area contributed by atoms with E-state index in [1.165, 1.54) is 28.8 Å². The second kappa shape index (κ2) is 8.16. The molecule has 0 unspecified atom stereocenters. The zero-order valence-electron chi connectivity index (χ0n) is 15.7. The van der Waals surface area contributed by atoms with E-state index in [9.17, 15) is 28.1 Å². The number of aromatic nitrogens is 2. The van der Waals surface area contributed by atoms with Gasteiger partial charge in [0.1, 0.15) is 17.3 Å². The molecule has 158 valence electrons. The Morgan fingerprint density at radius 1 is 1.33 bits per heavy atom. The zero-order valence-corrected chi connectivity index (χ0v) is 17.3. The predicted molar refractivity (Wildman–Crippen MR) is 107 cm³/mol. The maximum atomic E-state index is 12.2. The van der Waals surface area contributed by atoms with Gasteiger partial charge in [0.2, 0.25) is 5.91 Å². The molecule has 0 bridgehead atoms. The highest BCUT2D eigenvalue weighted by Crippen LogP contribution is 2.22. The summed E-state index contributed by atoms with van der Waals surface area (Å²) in [5, 5.41) is 16.7. The lowest BCUT2D eigenvalue weighted by Crippen LogP contribution is -2.28. The van der Waals surface area contributed by atoms with Crippen LogP contribution in [0.2, 0.25) is 0 Å². The molecule has 2 amide bonds. The second-order valence-corrected chi connectivity index (χ2v) is 9.34. The van der Waals surface area contributed by atoms with Crippen LogP contribution >= 0.6 is 11.3 Å². The van der Waals surface area contributed by atoms with Gasteiger partial charge in [-0.1, -0.05) is 16.5 Å². The lowest BCUT2D eigenvalue weighted by Gasteiger charge is -2.02. The van der Waals surface area contributed by atoms with E-state index in [2.05, 4.69) is 15.5 Å². The van der Waals surface area contributed by atoms with E-state index in [1.807, 2.05) is 0 Å². The van der Waals surface area contributed by atoms with Crippen LogP contribution in [0, 0.1) is 17.0 Å². The van der Waals surface area contributed by atoms with Gasteiger partial charge in [0.05, 0.1) is 15.1 Å². The molecule has 0 aliphatic rings. The molecule has 2 aromatic heterocycles. The van der Waals surface area contributed by atoms with E-state index < -0.39 is 38.1 Å². The first-order valence-electron chi connectivity index (χ1n) is 8.29. The summed E-state index contributed by atoms with van der Waals surface area (Å²) in [6.45, 7) is 1.60. The SMILES string of the molecule is Cc1cc(NC(=O)CS(=O)(=O)CC(=O)N=c2sc3cc([N+](=O)[O-])ccc3n2C)no1. The second-order valence-electron chi connectivity index (χ2n) is 6.26. The third-order valence-electron chi connectivity index (χ3n) is 3.81. The number of rotatable bonds is 6. The van der Waals surface area contributed by atoms with Gasteiger partial charge in [-0.15, -0.1) is 0 Å². The molecule has 3 rings (SSSR count). The van der Waals surface area contributed by atoms with Crippen molar-refractivity contribution in [2.24, 2.45) is 12.0 Å². The fourth-order valence-electron chi connectivity index (χ4n) is 2.52. The van der Waals surface area contributed by atoms with Crippen LogP contribution in [0.5, 0.6) is 0 Å². The summed E-state index contributed by atoms with van der Waals surface area (Å²) in [5.74, 6) is -3.22. The van der Waals surface area contributed by atoms with Gasteiger partial charge < -0.3 is 14.4 Å². The standard InChI is InChI=1S/C16H15N5O7S2/c1-9-5-13(19-28-9)17-14(22)7-30(26,27)8-15(23)18-16-20(2)11-4-3-10(21(24)25)6-12(11)29-16/h3-6H,7-8H2,1-2H3,(H,17,19,22). The maximum absolute atomic E-state index is 12.2. The summed E-state index contributed by atoms with van der Waals surface area (Å²) in [4.78, 5) is 38.3. The van der Waals surface area contributed by atoms with E-state index in [0.29, 0.717) is 16.0 Å². The number of thiazole rings is 1. The fourth-order valence-corrected chi connectivity index (χ4v) is 4.61. The highest BCUT2D eigenvalue weighted by atomic mass is 32.2. The van der Waals surface area contributed by atoms with Crippen LogP contribution in [0.25, 0.3) is 10.2 Å². The summed E-state index contributed by atoms with van der Waals surface area (Å²) in [6.07, 6.45) is 0. The largest absolute Gasteiger partial charge is 0.360 e. The van der Waals surface area contributed by atoms with Gasteiger partial charge >= 0.3 is 0 Å². The van der Waals surface area contributed by atoms with Crippen molar-refractivity contribution in [3.63, 3.8) is 0 Å². The normalized spacial score (nSPS) is 12.3. The summed E-state index contributed by atoms with van der Waals surface area (Å²) in [5.41, 5.74) is 0.486. The minimum absolute atomic E-state index is 0.0649. The van der Waals surface area contributed by atoms with Crippen molar-refractivity contribution in [2.45, 2.75) is 6.92 Å². The third-order valence-corrected chi connectivity index (χ3v) is 6.30. The Hall–Kier alpha value is -3.39. The molecule has 1 aromatic carbocycles. The molecule has 0 radical (unpaired) electrons. The molecule has 0 aliphatic carbocycles. The number of nitro groups is 1. The van der Waals surface area contributed by atoms with Gasteiger partial charge in [-0.3, -0.25) is 19.7 Å². The number of aryl methyl sites for hydroxylation is 2. The molecule has 2 heterocycles. The molecular weight excluding hydrogens is 438 g/mol. The minimum atomic E-state index is -4.08. The fraction of sp³-hybridized carbons (Fsp3) is 0.250. The lowest BCUT2D eigenvalue weighted by molar-refractivity contribution is -0.384. The van der Waals surface area contributed by atoms with Crippen LogP contribution in [0.15, 0.2) is 33.8 Å². The number of nitrogens with zero attached hydrogens (tertiary/aromatic N) is 4. The number of carbonyl (C=O) groups excluding carboxylic acids is 2. The topological polar surface area (TPSA) is 167 Å². The molecule has 0 atom stereocenters. The van der Waals surface area contributed by atoms with Crippen LogP contribution in [-0.4, -0.2) is 46.4 Å². The molecular formula is C16H15N5O7S2. The zero-order chi connectivity index (χ0) is 22.1. The van der Waals surface area contributed by atoms with E-state index >= 15 is 0 Å². The van der Waals surface area contributed by atoms with Crippen molar-refractivity contribution >= 4 is 54.7 Å². The van der Waals surface area contributed by atoms with E-state index in [1.54, 1.807) is 14.0 Å². The molecule has 3 aromatic rings. The molecule has 0 saturated carbocycles. The number of fused-ring (bicyclic) bond motifs is 1. The summed E-state index contributed by atoms with van der Waals surface area (Å²) >= 11 is 1.01. The molecule has 12 nitrogen and oxygen atoms in total. The Kier molecular flexibility index (Phi) is 5.80. The monoisotopic (exact) mass is 453 g/mol. The highest BCUT2D eigenvalue weighted by molar-refractivity contribution is 7.92. The highest BCUT2D eigenvalue weighted by Gasteiger charge is 2.22. The quantitative estimate of drug-likeness (QED) is 0.425. The van der Waals surface area contributed by atoms with Crippen molar-refractivity contribution in [1.29, 1.82) is 0 Å². The molecule has 0 saturated heterocycles. The van der Waals surface area contributed by atoms with Crippen LogP contribution in [0.3, 0.4) is 0 Å². The third kappa shape index (κ3) is 4.96. The van der Waals surface area contributed by atoms with Gasteiger partial charge in [-0.25, -0.2) is 8.42 Å². The molecule has 0 aliphatic heterocycles. The number of sulfone groups is 1. The number of nitro benzene ring substituents is 1. The molecule has 0 spiro atoms. The average Bonchev–Trinajstić information content (AvgIpc) is 3.16. The van der Waals surface area contributed by atoms with Crippen molar-refractivity contribution in [3.8, 4) is 0 Å². The molecule has 0 fully saturated rings. The van der Waals surface area contributed by atoms with E-state index in [-0.39, 0.29) is 16.3 Å². The Morgan fingerprint density at radius 3 is 2.70 bits per heavy atom. The predicted octanol–water partition coefficient (Wildman–Crippen LogP) is 0.925. The van der Waals surface area contributed by atoms with Crippen molar-refractivity contribution in [1.82, 2.24) is 9.72 Å². The van der Waals surface area contributed by atoms with E-state index in [0.717, 1.165) is 11.3 Å². The number of amides is 2. The van der Waals surface area contributed by atoms with Gasteiger partial charge in [0, 0.05) is 25.2 Å². The number of benzene rings is 1. The maximum Gasteiger partial charge on any atom is 0.270 e. The summed E-state index contributed by atoms with van der Waals surface area (Å²) < 4.78 is 31.1. The lowest BCUT2D eigenvalue weighted by atomic mass is 10.3. The number of carbonyl (C=O) groups is 2. The molecule has 14 heteroatoms. The number of hydrogen-bond donors (Lipinski definition) is 1. The van der Waals surface area contributed by atoms with Crippen LogP contribution < -0.4 is 10.1 Å². The van der Waals surface area contributed by atoms with Crippen molar-refractivity contribution in [3.05, 3.63) is 44.9 Å². The van der Waals surface area contributed by atoms with E-state index in [4.69, 9.17) is 4.52 Å². The smallest absolute Gasteiger partial charge is 0.270 e. The van der Waals surface area contributed by atoms with Crippen LogP contribution in [-0.2, 0) is 26.5 Å². The Morgan fingerprint density at radius 2 is 2.07 bits per heavy atom. The Labute approximate surface area is 172 Å². The van der Waals surface area contributed by atoms with Crippen molar-refractivity contribution in [2.75, 3.05) is 16.8 Å². The average molecular weight is 453 g/mol. The first-order chi connectivity index (χ1) is 14.0. The first kappa shape index (κ1) is 21.3. The summed E-state index contributed by atoms with van der Waals surface area (Å²) in [7, 11) is -2.49. The number of non-ortho nitro benzene ring substituents is 1. The van der Waals surface area contributed by atoms with Crippen molar-refractivity contribution < 1.29 is 27.5 Å². The minimum Gasteiger partial charge on any atom is -0.360 e. The van der Waals surface area contributed by atoms with Gasteiger partial charge in [-0.05, 0) is 13.0 Å². The van der Waals surface area contributed by atoms with Crippen LogP contribution in [0.4, 0.5) is 11.5 Å². The van der Waals surface area contributed by atoms with Gasteiger partial charge in [0.25, 0.3) is 11.6 Å². The van der Waals surface area contributed by atoms with Gasteiger partial charge in [-0.2, -0.15) is 4.99 Å². The number of nitrogens with one attached hydrogen (secondary N) is 1. The summed E-state index contributed by atoms with van der Waals surface area (Å²) in [6, 6.07) is 5.59. The molecule has 30 heavy (non-hydrogen) atoms. The first-order valence-corrected chi connectivity index (χ1v) is 10.9. The van der Waals surface area contributed by atoms with Crippen LogP contribution in [0.1, 0.15) is 5.76 Å². The number of hydrogen-bond acceptors (Lipinski definition) is 9. The molecule has 1 N–H and O–H groups in total. The Balaban J connectivity index is 1.74. The van der Waals surface area contributed by atoms with Gasteiger partial charge in [0.15, 0.2) is 20.5 Å². The Bertz CT molecular complexity index is 1330.